The molecule has 2 aromatic carbocycles. The lowest BCUT2D eigenvalue weighted by Gasteiger charge is -2.10. The quantitative estimate of drug-likeness (QED) is 0.885. The molecule has 0 amide bonds. The summed E-state index contributed by atoms with van der Waals surface area (Å²) >= 11 is 0. The van der Waals surface area contributed by atoms with Crippen LogP contribution in [-0.4, -0.2) is 16.6 Å². The summed E-state index contributed by atoms with van der Waals surface area (Å²) in [4.78, 5) is 0.356. The van der Waals surface area contributed by atoms with Crippen LogP contribution in [0.2, 0.25) is 0 Å². The van der Waals surface area contributed by atoms with Crippen molar-refractivity contribution in [2.24, 2.45) is 0 Å². The molecule has 0 saturated carbocycles. The second kappa shape index (κ2) is 5.25. The third-order valence-electron chi connectivity index (χ3n) is 3.37. The summed E-state index contributed by atoms with van der Waals surface area (Å²) in [7, 11) is -1.35. The molecule has 1 heterocycles. The molecule has 2 aromatic rings. The molecule has 1 aliphatic heterocycles. The van der Waals surface area contributed by atoms with E-state index >= 15 is 0 Å². The van der Waals surface area contributed by atoms with E-state index in [1.165, 1.54) is 18.2 Å². The largest absolute Gasteiger partial charge is 0.493 e. The van der Waals surface area contributed by atoms with E-state index in [-0.39, 0.29) is 5.92 Å². The fraction of sp³-hybridized carbons (Fsp3) is 0.200. The Kier molecular flexibility index (Phi) is 3.44. The highest BCUT2D eigenvalue weighted by molar-refractivity contribution is 7.85. The third kappa shape index (κ3) is 2.41. The van der Waals surface area contributed by atoms with E-state index in [0.29, 0.717) is 22.9 Å². The summed E-state index contributed by atoms with van der Waals surface area (Å²) in [6.07, 6.45) is 0. The molecular weight excluding hydrogens is 277 g/mol. The van der Waals surface area contributed by atoms with Crippen molar-refractivity contribution >= 4 is 16.5 Å². The van der Waals surface area contributed by atoms with E-state index in [1.54, 1.807) is 0 Å². The number of ether oxygens (including phenoxy) is 1. The second-order valence-corrected chi connectivity index (χ2v) is 6.20. The first-order valence-corrected chi connectivity index (χ1v) is 7.62. The lowest BCUT2D eigenvalue weighted by Crippen LogP contribution is -2.12. The predicted octanol–water partition coefficient (Wildman–Crippen LogP) is 2.69. The van der Waals surface area contributed by atoms with Gasteiger partial charge in [-0.05, 0) is 24.3 Å². The number of halogens is 1. The molecular formula is C15H14FNO2S. The molecule has 2 unspecified atom stereocenters. The molecule has 0 fully saturated rings. The smallest absolute Gasteiger partial charge is 0.124 e. The molecule has 2 N–H and O–H groups in total. The first-order chi connectivity index (χ1) is 9.65. The van der Waals surface area contributed by atoms with Crippen LogP contribution in [0.5, 0.6) is 5.75 Å². The summed E-state index contributed by atoms with van der Waals surface area (Å²) in [5.74, 6) is 0.840. The average molecular weight is 291 g/mol. The SMILES string of the molecule is Nc1ccc(F)cc1S(=O)CC1COc2ccccc21. The van der Waals surface area contributed by atoms with Crippen LogP contribution in [-0.2, 0) is 10.8 Å². The standard InChI is InChI=1S/C15H14FNO2S/c16-11-5-6-13(17)15(7-11)20(18)9-10-8-19-14-4-2-1-3-12(10)14/h1-7,10H,8-9,17H2. The van der Waals surface area contributed by atoms with Gasteiger partial charge in [0.25, 0.3) is 0 Å². The van der Waals surface area contributed by atoms with Crippen LogP contribution in [0.25, 0.3) is 0 Å². The van der Waals surface area contributed by atoms with Crippen LogP contribution in [0, 0.1) is 5.82 Å². The highest BCUT2D eigenvalue weighted by Crippen LogP contribution is 2.35. The van der Waals surface area contributed by atoms with Gasteiger partial charge in [0.05, 0.1) is 22.3 Å². The minimum atomic E-state index is -1.35. The molecule has 0 aromatic heterocycles. The Morgan fingerprint density at radius 2 is 2.10 bits per heavy atom. The molecule has 3 nitrogen and oxygen atoms in total. The Bertz CT molecular complexity index is 675. The minimum absolute atomic E-state index is 0.0506. The highest BCUT2D eigenvalue weighted by Gasteiger charge is 2.26. The predicted molar refractivity (Wildman–Crippen MR) is 76.8 cm³/mol. The molecule has 0 radical (unpaired) electrons. The van der Waals surface area contributed by atoms with E-state index in [0.717, 1.165) is 11.3 Å². The van der Waals surface area contributed by atoms with Crippen molar-refractivity contribution in [3.8, 4) is 5.75 Å². The monoisotopic (exact) mass is 291 g/mol. The van der Waals surface area contributed by atoms with Crippen molar-refractivity contribution in [1.82, 2.24) is 0 Å². The summed E-state index contributed by atoms with van der Waals surface area (Å²) in [5, 5.41) is 0. The van der Waals surface area contributed by atoms with Gasteiger partial charge < -0.3 is 10.5 Å². The molecule has 5 heteroatoms. The van der Waals surface area contributed by atoms with Crippen LogP contribution in [0.1, 0.15) is 11.5 Å². The Labute approximate surface area is 119 Å². The number of benzene rings is 2. The van der Waals surface area contributed by atoms with Crippen molar-refractivity contribution < 1.29 is 13.3 Å². The number of para-hydroxylation sites is 1. The van der Waals surface area contributed by atoms with Gasteiger partial charge in [0, 0.05) is 22.9 Å². The second-order valence-electron chi connectivity index (χ2n) is 4.74. The van der Waals surface area contributed by atoms with Crippen molar-refractivity contribution in [3.05, 3.63) is 53.8 Å². The fourth-order valence-electron chi connectivity index (χ4n) is 2.35. The summed E-state index contributed by atoms with van der Waals surface area (Å²) in [5.41, 5.74) is 7.18. The summed E-state index contributed by atoms with van der Waals surface area (Å²) in [6, 6.07) is 11.7. The molecule has 0 saturated heterocycles. The van der Waals surface area contributed by atoms with Gasteiger partial charge in [0.2, 0.25) is 0 Å². The van der Waals surface area contributed by atoms with Gasteiger partial charge in [-0.3, -0.25) is 4.21 Å². The Balaban J connectivity index is 1.82. The number of rotatable bonds is 3. The Morgan fingerprint density at radius 1 is 1.30 bits per heavy atom. The van der Waals surface area contributed by atoms with Crippen LogP contribution in [0.4, 0.5) is 10.1 Å². The Morgan fingerprint density at radius 3 is 2.95 bits per heavy atom. The van der Waals surface area contributed by atoms with Crippen LogP contribution in [0.15, 0.2) is 47.4 Å². The normalized spacial score (nSPS) is 18.4. The third-order valence-corrected chi connectivity index (χ3v) is 4.92. The molecule has 104 valence electrons. The van der Waals surface area contributed by atoms with E-state index in [2.05, 4.69) is 0 Å². The zero-order valence-electron chi connectivity index (χ0n) is 10.7. The average Bonchev–Trinajstić information content (AvgIpc) is 2.85. The zero-order chi connectivity index (χ0) is 14.1. The lowest BCUT2D eigenvalue weighted by molar-refractivity contribution is 0.338. The molecule has 0 bridgehead atoms. The number of fused-ring (bicyclic) bond motifs is 1. The van der Waals surface area contributed by atoms with Gasteiger partial charge in [-0.1, -0.05) is 18.2 Å². The van der Waals surface area contributed by atoms with Gasteiger partial charge in [0.15, 0.2) is 0 Å². The minimum Gasteiger partial charge on any atom is -0.493 e. The van der Waals surface area contributed by atoms with Gasteiger partial charge >= 0.3 is 0 Å². The first-order valence-electron chi connectivity index (χ1n) is 6.30. The van der Waals surface area contributed by atoms with Gasteiger partial charge in [-0.2, -0.15) is 0 Å². The van der Waals surface area contributed by atoms with E-state index < -0.39 is 16.6 Å². The lowest BCUT2D eigenvalue weighted by atomic mass is 10.0. The van der Waals surface area contributed by atoms with E-state index in [1.807, 2.05) is 24.3 Å². The number of nitrogen functional groups attached to an aromatic ring is 1. The number of anilines is 1. The van der Waals surface area contributed by atoms with Gasteiger partial charge in [0.1, 0.15) is 11.6 Å². The number of hydrogen-bond acceptors (Lipinski definition) is 3. The first kappa shape index (κ1) is 13.1. The van der Waals surface area contributed by atoms with E-state index in [9.17, 15) is 8.60 Å². The fourth-order valence-corrected chi connectivity index (χ4v) is 3.74. The molecule has 2 atom stereocenters. The van der Waals surface area contributed by atoms with Crippen LogP contribution >= 0.6 is 0 Å². The summed E-state index contributed by atoms with van der Waals surface area (Å²) < 4.78 is 31.2. The molecule has 20 heavy (non-hydrogen) atoms. The maximum atomic E-state index is 13.2. The summed E-state index contributed by atoms with van der Waals surface area (Å²) in [6.45, 7) is 0.500. The maximum absolute atomic E-state index is 13.2. The topological polar surface area (TPSA) is 52.3 Å². The molecule has 1 aliphatic rings. The number of hydrogen-bond donors (Lipinski definition) is 1. The van der Waals surface area contributed by atoms with Crippen LogP contribution < -0.4 is 10.5 Å². The Hall–Kier alpha value is -1.88. The van der Waals surface area contributed by atoms with Gasteiger partial charge in [-0.15, -0.1) is 0 Å². The zero-order valence-corrected chi connectivity index (χ0v) is 11.5. The van der Waals surface area contributed by atoms with Gasteiger partial charge in [-0.25, -0.2) is 4.39 Å². The maximum Gasteiger partial charge on any atom is 0.124 e. The molecule has 0 aliphatic carbocycles. The van der Waals surface area contributed by atoms with E-state index in [4.69, 9.17) is 10.5 Å². The highest BCUT2D eigenvalue weighted by atomic mass is 32.2. The molecule has 0 spiro atoms. The molecule has 3 rings (SSSR count). The van der Waals surface area contributed by atoms with Crippen molar-refractivity contribution in [1.29, 1.82) is 0 Å². The number of nitrogens with two attached hydrogens (primary N) is 1. The van der Waals surface area contributed by atoms with Crippen molar-refractivity contribution in [2.75, 3.05) is 18.1 Å². The van der Waals surface area contributed by atoms with Crippen molar-refractivity contribution in [3.63, 3.8) is 0 Å². The van der Waals surface area contributed by atoms with Crippen LogP contribution in [0.3, 0.4) is 0 Å². The van der Waals surface area contributed by atoms with Crippen molar-refractivity contribution in [2.45, 2.75) is 10.8 Å².